The molecule has 0 unspecified atom stereocenters. The zero-order valence-corrected chi connectivity index (χ0v) is 16.6. The number of aliphatic imine (C=N–C) groups is 1. The molecule has 0 spiro atoms. The van der Waals surface area contributed by atoms with E-state index in [1.807, 2.05) is 24.4 Å². The molecule has 2 heterocycles. The van der Waals surface area contributed by atoms with Crippen molar-refractivity contribution in [3.05, 3.63) is 47.7 Å². The van der Waals surface area contributed by atoms with Gasteiger partial charge in [0.2, 0.25) is 0 Å². The highest BCUT2D eigenvalue weighted by molar-refractivity contribution is 5.77. The monoisotopic (exact) mass is 383 g/mol. The van der Waals surface area contributed by atoms with Gasteiger partial charge < -0.3 is 25.4 Å². The van der Waals surface area contributed by atoms with Gasteiger partial charge in [0, 0.05) is 25.8 Å². The molecule has 0 amide bonds. The molecule has 1 aliphatic heterocycles. The molecule has 7 nitrogen and oxygen atoms in total. The SMILES string of the molecule is COc1ccc(CCNC(N)=NCc2ccc(N3CCCC3)nc2)cc1OC. The van der Waals surface area contributed by atoms with Gasteiger partial charge in [-0.3, -0.25) is 0 Å². The number of anilines is 1. The van der Waals surface area contributed by atoms with E-state index in [2.05, 4.69) is 32.3 Å². The van der Waals surface area contributed by atoms with E-state index < -0.39 is 0 Å². The van der Waals surface area contributed by atoms with Crippen molar-refractivity contribution >= 4 is 11.8 Å². The van der Waals surface area contributed by atoms with Gasteiger partial charge >= 0.3 is 0 Å². The predicted octanol–water partition coefficient (Wildman–Crippen LogP) is 2.35. The van der Waals surface area contributed by atoms with E-state index in [1.165, 1.54) is 12.8 Å². The van der Waals surface area contributed by atoms with Crippen LogP contribution in [0, 0.1) is 0 Å². The highest BCUT2D eigenvalue weighted by Gasteiger charge is 2.12. The molecule has 3 N–H and O–H groups in total. The first-order chi connectivity index (χ1) is 13.7. The molecule has 28 heavy (non-hydrogen) atoms. The quantitative estimate of drug-likeness (QED) is 0.538. The molecular weight excluding hydrogens is 354 g/mol. The Morgan fingerprint density at radius 3 is 2.54 bits per heavy atom. The smallest absolute Gasteiger partial charge is 0.188 e. The molecular formula is C21H29N5O2. The number of ether oxygens (including phenoxy) is 2. The average molecular weight is 383 g/mol. The minimum absolute atomic E-state index is 0.434. The maximum atomic E-state index is 5.98. The number of aromatic nitrogens is 1. The molecule has 1 saturated heterocycles. The van der Waals surface area contributed by atoms with Gasteiger partial charge in [-0.1, -0.05) is 12.1 Å². The van der Waals surface area contributed by atoms with E-state index >= 15 is 0 Å². The number of rotatable bonds is 8. The van der Waals surface area contributed by atoms with Crippen molar-refractivity contribution in [3.63, 3.8) is 0 Å². The molecule has 0 bridgehead atoms. The fourth-order valence-corrected chi connectivity index (χ4v) is 3.25. The standard InChI is InChI=1S/C21H29N5O2/c1-27-18-7-5-16(13-19(18)28-2)9-10-23-21(22)25-15-17-6-8-20(24-14-17)26-11-3-4-12-26/h5-8,13-14H,3-4,9-12,15H2,1-2H3,(H3,22,23,25). The first kappa shape index (κ1) is 19.8. The molecule has 1 fully saturated rings. The summed E-state index contributed by atoms with van der Waals surface area (Å²) in [5, 5.41) is 3.15. The van der Waals surface area contributed by atoms with Crippen molar-refractivity contribution in [2.45, 2.75) is 25.8 Å². The third kappa shape index (κ3) is 5.28. The summed E-state index contributed by atoms with van der Waals surface area (Å²) in [5.41, 5.74) is 8.17. The fourth-order valence-electron chi connectivity index (χ4n) is 3.25. The maximum absolute atomic E-state index is 5.98. The first-order valence-corrected chi connectivity index (χ1v) is 9.64. The van der Waals surface area contributed by atoms with E-state index in [1.54, 1.807) is 14.2 Å². The normalized spacial score (nSPS) is 14.2. The summed E-state index contributed by atoms with van der Waals surface area (Å²) in [6, 6.07) is 10.0. The van der Waals surface area contributed by atoms with Gasteiger partial charge in [-0.2, -0.15) is 0 Å². The van der Waals surface area contributed by atoms with Gasteiger partial charge in [0.1, 0.15) is 5.82 Å². The van der Waals surface area contributed by atoms with Crippen LogP contribution < -0.4 is 25.4 Å². The number of hydrogen-bond acceptors (Lipinski definition) is 5. The Morgan fingerprint density at radius 1 is 1.11 bits per heavy atom. The van der Waals surface area contributed by atoms with Crippen LogP contribution in [-0.2, 0) is 13.0 Å². The molecule has 150 valence electrons. The number of hydrogen-bond donors (Lipinski definition) is 2. The number of nitrogens with zero attached hydrogens (tertiary/aromatic N) is 3. The van der Waals surface area contributed by atoms with Gasteiger partial charge in [0.05, 0.1) is 20.8 Å². The van der Waals surface area contributed by atoms with Crippen LogP contribution in [0.15, 0.2) is 41.5 Å². The number of nitrogens with two attached hydrogens (primary N) is 1. The Bertz CT molecular complexity index is 786. The lowest BCUT2D eigenvalue weighted by atomic mass is 10.1. The summed E-state index contributed by atoms with van der Waals surface area (Å²) >= 11 is 0. The zero-order chi connectivity index (χ0) is 19.8. The molecule has 3 rings (SSSR count). The van der Waals surface area contributed by atoms with Gasteiger partial charge in [0.15, 0.2) is 17.5 Å². The van der Waals surface area contributed by atoms with Crippen molar-refractivity contribution in [1.82, 2.24) is 10.3 Å². The Hall–Kier alpha value is -2.96. The number of pyridine rings is 1. The zero-order valence-electron chi connectivity index (χ0n) is 16.6. The first-order valence-electron chi connectivity index (χ1n) is 9.64. The van der Waals surface area contributed by atoms with Crippen LogP contribution in [0.25, 0.3) is 0 Å². The molecule has 0 atom stereocenters. The minimum Gasteiger partial charge on any atom is -0.493 e. The van der Waals surface area contributed by atoms with Gasteiger partial charge in [0.25, 0.3) is 0 Å². The van der Waals surface area contributed by atoms with Crippen molar-refractivity contribution in [1.29, 1.82) is 0 Å². The van der Waals surface area contributed by atoms with E-state index in [-0.39, 0.29) is 0 Å². The van der Waals surface area contributed by atoms with Crippen molar-refractivity contribution in [2.24, 2.45) is 10.7 Å². The number of nitrogens with one attached hydrogen (secondary N) is 1. The summed E-state index contributed by atoms with van der Waals surface area (Å²) in [4.78, 5) is 11.3. The molecule has 1 aromatic carbocycles. The third-order valence-corrected chi connectivity index (χ3v) is 4.84. The Kier molecular flexibility index (Phi) is 6.94. The van der Waals surface area contributed by atoms with E-state index in [0.717, 1.165) is 48.0 Å². The van der Waals surface area contributed by atoms with Crippen LogP contribution in [0.4, 0.5) is 5.82 Å². The molecule has 0 aliphatic carbocycles. The van der Waals surface area contributed by atoms with Crippen LogP contribution in [0.3, 0.4) is 0 Å². The maximum Gasteiger partial charge on any atom is 0.188 e. The molecule has 0 radical (unpaired) electrons. The summed E-state index contributed by atoms with van der Waals surface area (Å²) in [5.74, 6) is 2.94. The number of benzene rings is 1. The second-order valence-corrected chi connectivity index (χ2v) is 6.79. The van der Waals surface area contributed by atoms with Gasteiger partial charge in [-0.05, 0) is 48.6 Å². The topological polar surface area (TPSA) is 85.0 Å². The van der Waals surface area contributed by atoms with Crippen LogP contribution in [-0.4, -0.2) is 44.8 Å². The molecule has 2 aromatic rings. The lowest BCUT2D eigenvalue weighted by Gasteiger charge is -2.16. The van der Waals surface area contributed by atoms with Gasteiger partial charge in [-0.15, -0.1) is 0 Å². The predicted molar refractivity (Wildman–Crippen MR) is 112 cm³/mol. The van der Waals surface area contributed by atoms with E-state index in [4.69, 9.17) is 15.2 Å². The Balaban J connectivity index is 1.45. The van der Waals surface area contributed by atoms with Crippen LogP contribution in [0.1, 0.15) is 24.0 Å². The van der Waals surface area contributed by atoms with Crippen LogP contribution in [0.2, 0.25) is 0 Å². The van der Waals surface area contributed by atoms with Crippen molar-refractivity contribution in [3.8, 4) is 11.5 Å². The van der Waals surface area contributed by atoms with Gasteiger partial charge in [-0.25, -0.2) is 9.98 Å². The highest BCUT2D eigenvalue weighted by Crippen LogP contribution is 2.27. The van der Waals surface area contributed by atoms with Crippen molar-refractivity contribution < 1.29 is 9.47 Å². The number of guanidine groups is 1. The third-order valence-electron chi connectivity index (χ3n) is 4.84. The minimum atomic E-state index is 0.434. The second-order valence-electron chi connectivity index (χ2n) is 6.79. The highest BCUT2D eigenvalue weighted by atomic mass is 16.5. The Labute approximate surface area is 166 Å². The van der Waals surface area contributed by atoms with Crippen LogP contribution >= 0.6 is 0 Å². The molecule has 1 aliphatic rings. The average Bonchev–Trinajstić information content (AvgIpc) is 3.27. The summed E-state index contributed by atoms with van der Waals surface area (Å²) in [7, 11) is 3.27. The molecule has 1 aromatic heterocycles. The second kappa shape index (κ2) is 9.82. The summed E-state index contributed by atoms with van der Waals surface area (Å²) in [6.07, 6.45) is 5.19. The largest absolute Gasteiger partial charge is 0.493 e. The summed E-state index contributed by atoms with van der Waals surface area (Å²) in [6.45, 7) is 3.41. The molecule has 0 saturated carbocycles. The van der Waals surface area contributed by atoms with Crippen LogP contribution in [0.5, 0.6) is 11.5 Å². The lowest BCUT2D eigenvalue weighted by molar-refractivity contribution is 0.354. The van der Waals surface area contributed by atoms with Crippen molar-refractivity contribution in [2.75, 3.05) is 38.8 Å². The lowest BCUT2D eigenvalue weighted by Crippen LogP contribution is -2.33. The number of methoxy groups -OCH3 is 2. The Morgan fingerprint density at radius 2 is 1.86 bits per heavy atom. The molecule has 7 heteroatoms. The fraction of sp³-hybridized carbons (Fsp3) is 0.429. The van der Waals surface area contributed by atoms with E-state index in [0.29, 0.717) is 19.0 Å². The van der Waals surface area contributed by atoms with E-state index in [9.17, 15) is 0 Å². The summed E-state index contributed by atoms with van der Waals surface area (Å²) < 4.78 is 10.6.